The lowest BCUT2D eigenvalue weighted by Crippen LogP contribution is -2.09. The summed E-state index contributed by atoms with van der Waals surface area (Å²) < 4.78 is 10.9. The molecule has 0 unspecified atom stereocenters. The number of esters is 1. The van der Waals surface area contributed by atoms with Crippen molar-refractivity contribution in [2.24, 2.45) is 0 Å². The van der Waals surface area contributed by atoms with Crippen molar-refractivity contribution in [1.29, 1.82) is 10.5 Å². The highest BCUT2D eigenvalue weighted by Gasteiger charge is 2.09. The summed E-state index contributed by atoms with van der Waals surface area (Å²) in [6, 6.07) is 23.6. The molecule has 4 N–H and O–H groups in total. The first-order valence-electron chi connectivity index (χ1n) is 11.1. The molecule has 0 bridgehead atoms. The van der Waals surface area contributed by atoms with E-state index >= 15 is 0 Å². The molecule has 0 amide bonds. The predicted molar refractivity (Wildman–Crippen MR) is 136 cm³/mol. The van der Waals surface area contributed by atoms with Crippen molar-refractivity contribution in [1.82, 2.24) is 0 Å². The number of carbonyl (C=O) groups excluding carboxylic acids is 1. The Morgan fingerprint density at radius 1 is 0.914 bits per heavy atom. The summed E-state index contributed by atoms with van der Waals surface area (Å²) in [6.45, 7) is 0.670. The van der Waals surface area contributed by atoms with E-state index in [1.54, 1.807) is 54.6 Å². The number of carbonyl (C=O) groups is 1. The molecule has 0 aromatic heterocycles. The van der Waals surface area contributed by atoms with Gasteiger partial charge in [-0.15, -0.1) is 0 Å². The van der Waals surface area contributed by atoms with Gasteiger partial charge >= 0.3 is 5.97 Å². The number of allylic oxidation sites excluding steroid dienone is 1. The van der Waals surface area contributed by atoms with Gasteiger partial charge < -0.3 is 20.9 Å². The standard InChI is InChI=1S/C28H26N4O3/c29-14-1-2-15-34-26-11-8-21(9-12-26)24(19-30)17-20-3-5-23(6-4-20)28(33)35-16-13-22-7-10-25(31)18-27(22)32/h3-12,17-18H,1-2,13,15-16,31-32H2. The third-order valence-corrected chi connectivity index (χ3v) is 5.22. The molecule has 7 nitrogen and oxygen atoms in total. The second-order valence-electron chi connectivity index (χ2n) is 7.77. The van der Waals surface area contributed by atoms with E-state index in [9.17, 15) is 10.1 Å². The van der Waals surface area contributed by atoms with Gasteiger partial charge in [-0.2, -0.15) is 10.5 Å². The average Bonchev–Trinajstić information content (AvgIpc) is 2.87. The van der Waals surface area contributed by atoms with Crippen LogP contribution in [0.25, 0.3) is 11.6 Å². The van der Waals surface area contributed by atoms with Gasteiger partial charge in [0.25, 0.3) is 0 Å². The minimum atomic E-state index is -0.430. The normalized spacial score (nSPS) is 10.7. The lowest BCUT2D eigenvalue weighted by atomic mass is 10.0. The van der Waals surface area contributed by atoms with Crippen molar-refractivity contribution in [3.05, 3.63) is 89.0 Å². The lowest BCUT2D eigenvalue weighted by Gasteiger charge is -2.08. The third kappa shape index (κ3) is 7.38. The molecule has 0 heterocycles. The molecule has 0 atom stereocenters. The maximum atomic E-state index is 12.4. The van der Waals surface area contributed by atoms with Gasteiger partial charge in [0.05, 0.1) is 36.5 Å². The summed E-state index contributed by atoms with van der Waals surface area (Å²) >= 11 is 0. The predicted octanol–water partition coefficient (Wildman–Crippen LogP) is 5.00. The highest BCUT2D eigenvalue weighted by Crippen LogP contribution is 2.22. The topological polar surface area (TPSA) is 135 Å². The van der Waals surface area contributed by atoms with E-state index in [-0.39, 0.29) is 6.61 Å². The molecule has 0 aliphatic rings. The summed E-state index contributed by atoms with van der Waals surface area (Å²) in [5.41, 5.74) is 16.1. The molecule has 176 valence electrons. The molecule has 0 saturated heterocycles. The molecule has 0 fully saturated rings. The van der Waals surface area contributed by atoms with Crippen molar-refractivity contribution in [3.63, 3.8) is 0 Å². The number of nitrogen functional groups attached to an aromatic ring is 2. The molecule has 0 aliphatic heterocycles. The minimum absolute atomic E-state index is 0.200. The van der Waals surface area contributed by atoms with Crippen LogP contribution in [0, 0.1) is 22.7 Å². The van der Waals surface area contributed by atoms with Crippen LogP contribution in [0.15, 0.2) is 66.7 Å². The Balaban J connectivity index is 1.57. The van der Waals surface area contributed by atoms with Crippen molar-refractivity contribution < 1.29 is 14.3 Å². The average molecular weight is 467 g/mol. The SMILES string of the molecule is N#CCCCOc1ccc(C(C#N)=Cc2ccc(C(=O)OCCc3ccc(N)cc3N)cc2)cc1. The Kier molecular flexibility index (Phi) is 8.87. The largest absolute Gasteiger partial charge is 0.494 e. The number of ether oxygens (including phenoxy) is 2. The molecule has 0 saturated carbocycles. The fraction of sp³-hybridized carbons (Fsp3) is 0.179. The Morgan fingerprint density at radius 3 is 2.29 bits per heavy atom. The second kappa shape index (κ2) is 12.5. The first-order valence-corrected chi connectivity index (χ1v) is 11.1. The first kappa shape index (κ1) is 24.9. The molecule has 7 heteroatoms. The summed E-state index contributed by atoms with van der Waals surface area (Å²) in [6.07, 6.45) is 3.37. The van der Waals surface area contributed by atoms with Crippen LogP contribution in [0.1, 0.15) is 39.9 Å². The van der Waals surface area contributed by atoms with Gasteiger partial charge in [0.2, 0.25) is 0 Å². The Hall–Kier alpha value is -4.75. The van der Waals surface area contributed by atoms with Gasteiger partial charge in [0.15, 0.2) is 0 Å². The van der Waals surface area contributed by atoms with Gasteiger partial charge in [0.1, 0.15) is 5.75 Å². The maximum Gasteiger partial charge on any atom is 0.338 e. The van der Waals surface area contributed by atoms with Crippen LogP contribution in [0.4, 0.5) is 11.4 Å². The van der Waals surface area contributed by atoms with E-state index in [0.29, 0.717) is 54.1 Å². The highest BCUT2D eigenvalue weighted by atomic mass is 16.5. The van der Waals surface area contributed by atoms with Crippen LogP contribution in [-0.2, 0) is 11.2 Å². The zero-order chi connectivity index (χ0) is 25.0. The van der Waals surface area contributed by atoms with Crippen LogP contribution < -0.4 is 16.2 Å². The second-order valence-corrected chi connectivity index (χ2v) is 7.77. The molecule has 3 aromatic carbocycles. The molecule has 0 spiro atoms. The van der Waals surface area contributed by atoms with Crippen molar-refractivity contribution in [3.8, 4) is 17.9 Å². The monoisotopic (exact) mass is 466 g/mol. The Labute approximate surface area is 204 Å². The van der Waals surface area contributed by atoms with Crippen LogP contribution in [0.5, 0.6) is 5.75 Å². The van der Waals surface area contributed by atoms with Crippen LogP contribution >= 0.6 is 0 Å². The van der Waals surface area contributed by atoms with E-state index < -0.39 is 5.97 Å². The summed E-state index contributed by atoms with van der Waals surface area (Å²) in [5.74, 6) is 0.256. The Bertz CT molecular complexity index is 1270. The fourth-order valence-corrected chi connectivity index (χ4v) is 3.31. The van der Waals surface area contributed by atoms with E-state index in [4.69, 9.17) is 26.2 Å². The lowest BCUT2D eigenvalue weighted by molar-refractivity contribution is 0.0509. The fourth-order valence-electron chi connectivity index (χ4n) is 3.31. The molecule has 3 rings (SSSR count). The van der Waals surface area contributed by atoms with Crippen molar-refractivity contribution in [2.75, 3.05) is 24.7 Å². The number of nitriles is 2. The van der Waals surface area contributed by atoms with Gasteiger partial charge in [-0.05, 0) is 77.7 Å². The molecular weight excluding hydrogens is 440 g/mol. The number of benzene rings is 3. The van der Waals surface area contributed by atoms with E-state index in [1.165, 1.54) is 0 Å². The van der Waals surface area contributed by atoms with Crippen LogP contribution in [-0.4, -0.2) is 19.2 Å². The zero-order valence-electron chi connectivity index (χ0n) is 19.2. The quantitative estimate of drug-likeness (QED) is 0.141. The number of nitrogens with zero attached hydrogens (tertiary/aromatic N) is 2. The van der Waals surface area contributed by atoms with Crippen LogP contribution in [0.3, 0.4) is 0 Å². The number of nitrogens with two attached hydrogens (primary N) is 2. The van der Waals surface area contributed by atoms with E-state index in [0.717, 1.165) is 16.7 Å². The number of unbranched alkanes of at least 4 members (excludes halogenated alkanes) is 1. The molecular formula is C28H26N4O3. The van der Waals surface area contributed by atoms with E-state index in [2.05, 4.69) is 12.1 Å². The van der Waals surface area contributed by atoms with Gasteiger partial charge in [0, 0.05) is 24.2 Å². The number of hydrogen-bond donors (Lipinski definition) is 2. The van der Waals surface area contributed by atoms with E-state index in [1.807, 2.05) is 18.2 Å². The highest BCUT2D eigenvalue weighted by molar-refractivity contribution is 5.92. The summed E-state index contributed by atoms with van der Waals surface area (Å²) in [4.78, 5) is 12.4. The van der Waals surface area contributed by atoms with Crippen molar-refractivity contribution in [2.45, 2.75) is 19.3 Å². The van der Waals surface area contributed by atoms with Gasteiger partial charge in [-0.3, -0.25) is 0 Å². The zero-order valence-corrected chi connectivity index (χ0v) is 19.2. The Morgan fingerprint density at radius 2 is 1.63 bits per heavy atom. The molecule has 35 heavy (non-hydrogen) atoms. The first-order chi connectivity index (χ1) is 17.0. The minimum Gasteiger partial charge on any atom is -0.494 e. The smallest absolute Gasteiger partial charge is 0.338 e. The molecule has 0 aliphatic carbocycles. The number of rotatable bonds is 10. The maximum absolute atomic E-state index is 12.4. The summed E-state index contributed by atoms with van der Waals surface area (Å²) in [5, 5.41) is 18.2. The number of hydrogen-bond acceptors (Lipinski definition) is 7. The van der Waals surface area contributed by atoms with Gasteiger partial charge in [-0.1, -0.05) is 18.2 Å². The van der Waals surface area contributed by atoms with Crippen molar-refractivity contribution >= 4 is 29.0 Å². The van der Waals surface area contributed by atoms with Crippen LogP contribution in [0.2, 0.25) is 0 Å². The molecule has 0 radical (unpaired) electrons. The third-order valence-electron chi connectivity index (χ3n) is 5.22. The molecule has 3 aromatic rings. The summed E-state index contributed by atoms with van der Waals surface area (Å²) in [7, 11) is 0. The number of anilines is 2. The van der Waals surface area contributed by atoms with Gasteiger partial charge in [-0.25, -0.2) is 4.79 Å².